The summed E-state index contributed by atoms with van der Waals surface area (Å²) in [5.74, 6) is 0.539. The molecule has 0 aromatic carbocycles. The van der Waals surface area contributed by atoms with Gasteiger partial charge in [0.2, 0.25) is 5.91 Å². The monoisotopic (exact) mass is 266 g/mol. The Balaban J connectivity index is 1.54. The van der Waals surface area contributed by atoms with E-state index in [9.17, 15) is 4.79 Å². The van der Waals surface area contributed by atoms with E-state index in [4.69, 9.17) is 4.74 Å². The molecule has 0 aromatic heterocycles. The maximum absolute atomic E-state index is 12.2. The van der Waals surface area contributed by atoms with E-state index in [2.05, 4.69) is 10.2 Å². The number of nitrogens with one attached hydrogen (secondary N) is 1. The number of carbonyl (C=O) groups is 1. The lowest BCUT2D eigenvalue weighted by Crippen LogP contribution is -2.53. The summed E-state index contributed by atoms with van der Waals surface area (Å²) in [6, 6.07) is 0.622. The van der Waals surface area contributed by atoms with Gasteiger partial charge in [-0.25, -0.2) is 0 Å². The molecule has 0 bridgehead atoms. The number of hydrogen-bond donors (Lipinski definition) is 1. The molecule has 1 amide bonds. The summed E-state index contributed by atoms with van der Waals surface area (Å²) in [7, 11) is 0. The molecule has 1 saturated carbocycles. The van der Waals surface area contributed by atoms with Crippen molar-refractivity contribution >= 4 is 5.91 Å². The highest BCUT2D eigenvalue weighted by Crippen LogP contribution is 2.26. The lowest BCUT2D eigenvalue weighted by molar-refractivity contribution is -0.125. The molecular formula is C15H26N2O2. The van der Waals surface area contributed by atoms with Crippen LogP contribution in [0.25, 0.3) is 0 Å². The SMILES string of the molecule is O=C(N[C@H]1COC[C@@H]1N1CCCCC1)C1CCCC1. The standard InChI is InChI=1S/C15H26N2O2/c18-15(12-6-2-3-7-12)16-13-10-19-11-14(13)17-8-4-1-5-9-17/h12-14H,1-11H2,(H,16,18)/t13-,14-/m0/s1. The Labute approximate surface area is 115 Å². The van der Waals surface area contributed by atoms with E-state index in [-0.39, 0.29) is 17.9 Å². The van der Waals surface area contributed by atoms with Crippen LogP contribution < -0.4 is 5.32 Å². The van der Waals surface area contributed by atoms with Crippen molar-refractivity contribution in [2.75, 3.05) is 26.3 Å². The number of ether oxygens (including phenoxy) is 1. The van der Waals surface area contributed by atoms with E-state index >= 15 is 0 Å². The quantitative estimate of drug-likeness (QED) is 0.842. The van der Waals surface area contributed by atoms with Gasteiger partial charge in [-0.15, -0.1) is 0 Å². The molecular weight excluding hydrogens is 240 g/mol. The molecule has 2 saturated heterocycles. The highest BCUT2D eigenvalue weighted by molar-refractivity contribution is 5.79. The van der Waals surface area contributed by atoms with Gasteiger partial charge in [-0.2, -0.15) is 0 Å². The van der Waals surface area contributed by atoms with Crippen molar-refractivity contribution in [2.24, 2.45) is 5.92 Å². The lowest BCUT2D eigenvalue weighted by Gasteiger charge is -2.35. The van der Waals surface area contributed by atoms with Crippen LogP contribution >= 0.6 is 0 Å². The maximum atomic E-state index is 12.2. The van der Waals surface area contributed by atoms with Gasteiger partial charge >= 0.3 is 0 Å². The molecule has 3 rings (SSSR count). The van der Waals surface area contributed by atoms with Gasteiger partial charge in [0.1, 0.15) is 0 Å². The molecule has 4 heteroatoms. The van der Waals surface area contributed by atoms with Crippen molar-refractivity contribution in [2.45, 2.75) is 57.0 Å². The Hall–Kier alpha value is -0.610. The minimum atomic E-state index is 0.214. The van der Waals surface area contributed by atoms with Crippen LogP contribution in [-0.2, 0) is 9.53 Å². The second kappa shape index (κ2) is 6.23. The van der Waals surface area contributed by atoms with E-state index in [0.717, 1.165) is 19.4 Å². The summed E-state index contributed by atoms with van der Waals surface area (Å²) in [6.45, 7) is 3.82. The number of carbonyl (C=O) groups excluding carboxylic acids is 1. The predicted molar refractivity (Wildman–Crippen MR) is 73.9 cm³/mol. The molecule has 2 atom stereocenters. The van der Waals surface area contributed by atoms with E-state index in [0.29, 0.717) is 12.6 Å². The molecule has 0 aromatic rings. The van der Waals surface area contributed by atoms with Crippen LogP contribution in [0.1, 0.15) is 44.9 Å². The zero-order valence-electron chi connectivity index (χ0n) is 11.8. The zero-order valence-corrected chi connectivity index (χ0v) is 11.8. The molecule has 108 valence electrons. The third kappa shape index (κ3) is 3.11. The van der Waals surface area contributed by atoms with E-state index in [1.807, 2.05) is 0 Å². The fourth-order valence-corrected chi connectivity index (χ4v) is 3.78. The van der Waals surface area contributed by atoms with Gasteiger partial charge in [-0.3, -0.25) is 9.69 Å². The first-order valence-corrected chi connectivity index (χ1v) is 7.97. The van der Waals surface area contributed by atoms with Gasteiger partial charge in [0.15, 0.2) is 0 Å². The molecule has 2 aliphatic heterocycles. The van der Waals surface area contributed by atoms with Crippen LogP contribution in [0.2, 0.25) is 0 Å². The van der Waals surface area contributed by atoms with Gasteiger partial charge in [0.05, 0.1) is 25.3 Å². The van der Waals surface area contributed by atoms with Crippen LogP contribution in [0, 0.1) is 5.92 Å². The van der Waals surface area contributed by atoms with Gasteiger partial charge in [0, 0.05) is 5.92 Å². The molecule has 2 heterocycles. The number of likely N-dealkylation sites (tertiary alicyclic amines) is 1. The van der Waals surface area contributed by atoms with Crippen molar-refractivity contribution in [1.29, 1.82) is 0 Å². The summed E-state index contributed by atoms with van der Waals surface area (Å²) in [5.41, 5.74) is 0. The van der Waals surface area contributed by atoms with Crippen LogP contribution in [0.5, 0.6) is 0 Å². The lowest BCUT2D eigenvalue weighted by atomic mass is 10.0. The molecule has 4 nitrogen and oxygen atoms in total. The number of nitrogens with zero attached hydrogens (tertiary/aromatic N) is 1. The molecule has 0 spiro atoms. The first kappa shape index (κ1) is 13.4. The first-order chi connectivity index (χ1) is 9.34. The largest absolute Gasteiger partial charge is 0.378 e. The van der Waals surface area contributed by atoms with Crippen molar-refractivity contribution in [3.05, 3.63) is 0 Å². The maximum Gasteiger partial charge on any atom is 0.223 e. The van der Waals surface area contributed by atoms with Crippen molar-refractivity contribution < 1.29 is 9.53 Å². The molecule has 3 fully saturated rings. The third-order valence-electron chi connectivity index (χ3n) is 4.96. The number of hydrogen-bond acceptors (Lipinski definition) is 3. The van der Waals surface area contributed by atoms with Crippen LogP contribution in [-0.4, -0.2) is 49.2 Å². The highest BCUT2D eigenvalue weighted by atomic mass is 16.5. The minimum Gasteiger partial charge on any atom is -0.378 e. The summed E-state index contributed by atoms with van der Waals surface area (Å²) < 4.78 is 5.63. The summed E-state index contributed by atoms with van der Waals surface area (Å²) in [4.78, 5) is 14.8. The Morgan fingerprint density at radius 3 is 2.47 bits per heavy atom. The van der Waals surface area contributed by atoms with E-state index in [1.54, 1.807) is 0 Å². The average molecular weight is 266 g/mol. The molecule has 19 heavy (non-hydrogen) atoms. The Kier molecular flexibility index (Phi) is 4.38. The summed E-state index contributed by atoms with van der Waals surface area (Å²) in [6.07, 6.45) is 8.52. The van der Waals surface area contributed by atoms with Gasteiger partial charge in [-0.05, 0) is 38.8 Å². The average Bonchev–Trinajstić information content (AvgIpc) is 3.11. The van der Waals surface area contributed by atoms with E-state index in [1.165, 1.54) is 45.2 Å². The van der Waals surface area contributed by atoms with Gasteiger partial charge in [0.25, 0.3) is 0 Å². The molecule has 0 unspecified atom stereocenters. The van der Waals surface area contributed by atoms with Crippen LogP contribution in [0.4, 0.5) is 0 Å². The number of amides is 1. The van der Waals surface area contributed by atoms with Crippen molar-refractivity contribution in [1.82, 2.24) is 10.2 Å². The Bertz CT molecular complexity index is 309. The van der Waals surface area contributed by atoms with Crippen molar-refractivity contribution in [3.63, 3.8) is 0 Å². The highest BCUT2D eigenvalue weighted by Gasteiger charge is 2.36. The number of piperidine rings is 1. The third-order valence-corrected chi connectivity index (χ3v) is 4.96. The van der Waals surface area contributed by atoms with Crippen LogP contribution in [0.3, 0.4) is 0 Å². The van der Waals surface area contributed by atoms with Crippen molar-refractivity contribution in [3.8, 4) is 0 Å². The Morgan fingerprint density at radius 2 is 1.74 bits per heavy atom. The predicted octanol–water partition coefficient (Wildman–Crippen LogP) is 1.55. The van der Waals surface area contributed by atoms with Crippen LogP contribution in [0.15, 0.2) is 0 Å². The van der Waals surface area contributed by atoms with E-state index < -0.39 is 0 Å². The zero-order chi connectivity index (χ0) is 13.1. The fraction of sp³-hybridized carbons (Fsp3) is 0.933. The second-order valence-electron chi connectivity index (χ2n) is 6.30. The fourth-order valence-electron chi connectivity index (χ4n) is 3.78. The molecule has 3 aliphatic rings. The molecule has 1 N–H and O–H groups in total. The smallest absolute Gasteiger partial charge is 0.223 e. The topological polar surface area (TPSA) is 41.6 Å². The Morgan fingerprint density at radius 1 is 1.00 bits per heavy atom. The van der Waals surface area contributed by atoms with Gasteiger partial charge in [-0.1, -0.05) is 19.3 Å². The van der Waals surface area contributed by atoms with Gasteiger partial charge < -0.3 is 10.1 Å². The minimum absolute atomic E-state index is 0.214. The number of rotatable bonds is 3. The second-order valence-corrected chi connectivity index (χ2v) is 6.30. The normalized spacial score (nSPS) is 33.7. The molecule has 1 aliphatic carbocycles. The first-order valence-electron chi connectivity index (χ1n) is 7.97. The summed E-state index contributed by atoms with van der Waals surface area (Å²) in [5, 5.41) is 3.26. The summed E-state index contributed by atoms with van der Waals surface area (Å²) >= 11 is 0. The molecule has 0 radical (unpaired) electrons.